The largest absolute Gasteiger partial charge is 0.497 e. The van der Waals surface area contributed by atoms with E-state index < -0.39 is 0 Å². The van der Waals surface area contributed by atoms with Crippen LogP contribution in [0.3, 0.4) is 0 Å². The predicted octanol–water partition coefficient (Wildman–Crippen LogP) is 3.15. The SMILES string of the molecule is COc1cccc(C(=O)N[C@H](C)c2nnc3n2CCN(Cc2ccc(OC)c(C)c2)CC3)c1. The predicted molar refractivity (Wildman–Crippen MR) is 126 cm³/mol. The van der Waals surface area contributed by atoms with Crippen molar-refractivity contribution in [1.82, 2.24) is 25.0 Å². The van der Waals surface area contributed by atoms with Gasteiger partial charge >= 0.3 is 0 Å². The van der Waals surface area contributed by atoms with Gasteiger partial charge in [-0.15, -0.1) is 10.2 Å². The molecule has 0 saturated heterocycles. The van der Waals surface area contributed by atoms with Gasteiger partial charge in [-0.2, -0.15) is 0 Å². The molecule has 174 valence electrons. The van der Waals surface area contributed by atoms with Gasteiger partial charge in [-0.05, 0) is 49.2 Å². The monoisotopic (exact) mass is 449 g/mol. The van der Waals surface area contributed by atoms with Crippen molar-refractivity contribution < 1.29 is 14.3 Å². The summed E-state index contributed by atoms with van der Waals surface area (Å²) in [5.74, 6) is 3.14. The lowest BCUT2D eigenvalue weighted by Gasteiger charge is -2.21. The highest BCUT2D eigenvalue weighted by atomic mass is 16.5. The molecule has 0 radical (unpaired) electrons. The van der Waals surface area contributed by atoms with Crippen molar-refractivity contribution in [2.45, 2.75) is 39.4 Å². The lowest BCUT2D eigenvalue weighted by molar-refractivity contribution is 0.0937. The number of aryl methyl sites for hydroxylation is 1. The molecule has 1 aromatic heterocycles. The average molecular weight is 450 g/mol. The number of ether oxygens (including phenoxy) is 2. The van der Waals surface area contributed by atoms with E-state index in [2.05, 4.69) is 44.0 Å². The topological polar surface area (TPSA) is 81.5 Å². The Morgan fingerprint density at radius 2 is 1.94 bits per heavy atom. The normalized spacial score (nSPS) is 14.8. The molecule has 0 unspecified atom stereocenters. The van der Waals surface area contributed by atoms with E-state index in [9.17, 15) is 4.79 Å². The average Bonchev–Trinajstić information content (AvgIpc) is 3.13. The summed E-state index contributed by atoms with van der Waals surface area (Å²) in [6.45, 7) is 7.47. The molecule has 1 atom stereocenters. The molecule has 1 aliphatic heterocycles. The van der Waals surface area contributed by atoms with Gasteiger partial charge in [0.15, 0.2) is 5.82 Å². The van der Waals surface area contributed by atoms with Crippen molar-refractivity contribution in [3.8, 4) is 11.5 Å². The first-order chi connectivity index (χ1) is 16.0. The molecule has 8 heteroatoms. The lowest BCUT2D eigenvalue weighted by Crippen LogP contribution is -2.30. The summed E-state index contributed by atoms with van der Waals surface area (Å²) >= 11 is 0. The van der Waals surface area contributed by atoms with E-state index in [-0.39, 0.29) is 11.9 Å². The van der Waals surface area contributed by atoms with Crippen molar-refractivity contribution in [2.75, 3.05) is 27.3 Å². The molecule has 4 rings (SSSR count). The van der Waals surface area contributed by atoms with E-state index in [1.54, 1.807) is 32.4 Å². The zero-order chi connectivity index (χ0) is 23.4. The van der Waals surface area contributed by atoms with Crippen LogP contribution in [0.2, 0.25) is 0 Å². The summed E-state index contributed by atoms with van der Waals surface area (Å²) in [5, 5.41) is 11.9. The van der Waals surface area contributed by atoms with Gasteiger partial charge in [0.2, 0.25) is 0 Å². The Morgan fingerprint density at radius 1 is 1.09 bits per heavy atom. The highest BCUT2D eigenvalue weighted by Crippen LogP contribution is 2.21. The number of nitrogens with one attached hydrogen (secondary N) is 1. The third-order valence-electron chi connectivity index (χ3n) is 6.08. The number of nitrogens with zero attached hydrogens (tertiary/aromatic N) is 4. The summed E-state index contributed by atoms with van der Waals surface area (Å²) in [6.07, 6.45) is 0.818. The van der Waals surface area contributed by atoms with Crippen LogP contribution in [-0.2, 0) is 19.5 Å². The van der Waals surface area contributed by atoms with Gasteiger partial charge < -0.3 is 19.4 Å². The van der Waals surface area contributed by atoms with Crippen molar-refractivity contribution in [3.63, 3.8) is 0 Å². The van der Waals surface area contributed by atoms with Crippen molar-refractivity contribution in [2.24, 2.45) is 0 Å². The number of aromatic nitrogens is 3. The van der Waals surface area contributed by atoms with E-state index >= 15 is 0 Å². The second-order valence-corrected chi connectivity index (χ2v) is 8.38. The van der Waals surface area contributed by atoms with Crippen molar-refractivity contribution >= 4 is 5.91 Å². The Balaban J connectivity index is 1.41. The Hall–Kier alpha value is -3.39. The Labute approximate surface area is 194 Å². The fourth-order valence-corrected chi connectivity index (χ4v) is 4.27. The van der Waals surface area contributed by atoms with Crippen LogP contribution in [0, 0.1) is 6.92 Å². The molecule has 1 amide bonds. The summed E-state index contributed by atoms with van der Waals surface area (Å²) < 4.78 is 12.7. The molecule has 1 N–H and O–H groups in total. The zero-order valence-corrected chi connectivity index (χ0v) is 19.7. The van der Waals surface area contributed by atoms with Crippen LogP contribution in [0.1, 0.15) is 46.1 Å². The number of methoxy groups -OCH3 is 2. The number of hydrogen-bond acceptors (Lipinski definition) is 6. The van der Waals surface area contributed by atoms with Crippen LogP contribution in [-0.4, -0.2) is 52.9 Å². The van der Waals surface area contributed by atoms with Gasteiger partial charge in [-0.25, -0.2) is 0 Å². The number of fused-ring (bicyclic) bond motifs is 1. The minimum atomic E-state index is -0.263. The molecule has 0 saturated carbocycles. The Morgan fingerprint density at radius 3 is 2.70 bits per heavy atom. The molecule has 3 aromatic rings. The molecule has 0 bridgehead atoms. The van der Waals surface area contributed by atoms with E-state index in [0.29, 0.717) is 11.3 Å². The molecular formula is C25H31N5O3. The number of benzene rings is 2. The highest BCUT2D eigenvalue weighted by Gasteiger charge is 2.23. The molecule has 1 aliphatic rings. The number of amides is 1. The maximum Gasteiger partial charge on any atom is 0.251 e. The van der Waals surface area contributed by atoms with Crippen LogP contribution < -0.4 is 14.8 Å². The van der Waals surface area contributed by atoms with E-state index in [0.717, 1.165) is 55.6 Å². The van der Waals surface area contributed by atoms with E-state index in [1.165, 1.54) is 5.56 Å². The Kier molecular flexibility index (Phi) is 6.93. The second-order valence-electron chi connectivity index (χ2n) is 8.38. The maximum atomic E-state index is 12.7. The van der Waals surface area contributed by atoms with Gasteiger partial charge in [-0.3, -0.25) is 9.69 Å². The lowest BCUT2D eigenvalue weighted by atomic mass is 10.1. The highest BCUT2D eigenvalue weighted by molar-refractivity contribution is 5.94. The second kappa shape index (κ2) is 10.0. The molecule has 0 spiro atoms. The first kappa shape index (κ1) is 22.8. The van der Waals surface area contributed by atoms with Crippen LogP contribution in [0.25, 0.3) is 0 Å². The Bertz CT molecular complexity index is 1130. The van der Waals surface area contributed by atoms with Crippen LogP contribution in [0.5, 0.6) is 11.5 Å². The van der Waals surface area contributed by atoms with Crippen molar-refractivity contribution in [3.05, 3.63) is 70.8 Å². The maximum absolute atomic E-state index is 12.7. The molecule has 2 aromatic carbocycles. The fourth-order valence-electron chi connectivity index (χ4n) is 4.27. The van der Waals surface area contributed by atoms with Crippen LogP contribution >= 0.6 is 0 Å². The zero-order valence-electron chi connectivity index (χ0n) is 19.7. The van der Waals surface area contributed by atoms with Gasteiger partial charge in [0.25, 0.3) is 5.91 Å². The van der Waals surface area contributed by atoms with Gasteiger partial charge in [0.05, 0.1) is 20.3 Å². The molecule has 8 nitrogen and oxygen atoms in total. The van der Waals surface area contributed by atoms with Gasteiger partial charge in [0.1, 0.15) is 17.3 Å². The van der Waals surface area contributed by atoms with E-state index in [4.69, 9.17) is 9.47 Å². The fraction of sp³-hybridized carbons (Fsp3) is 0.400. The van der Waals surface area contributed by atoms with E-state index in [1.807, 2.05) is 19.1 Å². The summed E-state index contributed by atoms with van der Waals surface area (Å²) in [4.78, 5) is 15.2. The summed E-state index contributed by atoms with van der Waals surface area (Å²) in [5.41, 5.74) is 2.97. The molecule has 0 fully saturated rings. The smallest absolute Gasteiger partial charge is 0.251 e. The third kappa shape index (κ3) is 5.17. The number of carbonyl (C=O) groups is 1. The van der Waals surface area contributed by atoms with Gasteiger partial charge in [0, 0.05) is 38.2 Å². The molecule has 2 heterocycles. The minimum Gasteiger partial charge on any atom is -0.497 e. The van der Waals surface area contributed by atoms with Crippen LogP contribution in [0.15, 0.2) is 42.5 Å². The summed E-state index contributed by atoms with van der Waals surface area (Å²) in [7, 11) is 3.29. The number of rotatable bonds is 7. The quantitative estimate of drug-likeness (QED) is 0.597. The molecule has 33 heavy (non-hydrogen) atoms. The first-order valence-electron chi connectivity index (χ1n) is 11.2. The van der Waals surface area contributed by atoms with Crippen LogP contribution in [0.4, 0.5) is 0 Å². The minimum absolute atomic E-state index is 0.163. The van der Waals surface area contributed by atoms with Gasteiger partial charge in [-0.1, -0.05) is 18.2 Å². The summed E-state index contributed by atoms with van der Waals surface area (Å²) in [6, 6.07) is 13.2. The van der Waals surface area contributed by atoms with Crippen molar-refractivity contribution in [1.29, 1.82) is 0 Å². The molecule has 0 aliphatic carbocycles. The standard InChI is InChI=1S/C25H31N5O3/c1-17-14-19(8-9-22(17)33-4)16-29-11-10-23-27-28-24(30(23)13-12-29)18(2)26-25(31)20-6-5-7-21(15-20)32-3/h5-9,14-15,18H,10-13,16H2,1-4H3,(H,26,31)/t18-/m1/s1. The third-order valence-corrected chi connectivity index (χ3v) is 6.08. The molecular weight excluding hydrogens is 418 g/mol. The number of hydrogen-bond donors (Lipinski definition) is 1. The first-order valence-corrected chi connectivity index (χ1v) is 11.2. The number of carbonyl (C=O) groups excluding carboxylic acids is 1.